The molecule has 1 rings (SSSR count). The molecule has 0 fully saturated rings. The van der Waals surface area contributed by atoms with Gasteiger partial charge in [-0.1, -0.05) is 17.7 Å². The van der Waals surface area contributed by atoms with Crippen LogP contribution in [0.1, 0.15) is 18.2 Å². The van der Waals surface area contributed by atoms with Crippen molar-refractivity contribution in [2.24, 2.45) is 5.73 Å². The van der Waals surface area contributed by atoms with Crippen molar-refractivity contribution in [2.45, 2.75) is 12.5 Å². The zero-order valence-electron chi connectivity index (χ0n) is 6.77. The first-order valence-electron chi connectivity index (χ1n) is 3.69. The number of hydrogen-bond donors (Lipinski definition) is 2. The van der Waals surface area contributed by atoms with Crippen LogP contribution in [-0.4, -0.2) is 16.1 Å². The fraction of sp³-hybridized carbons (Fsp3) is 0.250. The zero-order valence-corrected chi connectivity index (χ0v) is 7.53. The second-order valence-corrected chi connectivity index (χ2v) is 2.98. The monoisotopic (exact) mass is 200 g/mol. The van der Waals surface area contributed by atoms with E-state index >= 15 is 0 Å². The van der Waals surface area contributed by atoms with Gasteiger partial charge < -0.3 is 10.8 Å². The Labute approximate surface area is 80.3 Å². The lowest BCUT2D eigenvalue weighted by molar-refractivity contribution is -0.137. The molecule has 0 saturated heterocycles. The number of pyridine rings is 1. The number of carboxylic acid groups (broad SMARTS) is 1. The van der Waals surface area contributed by atoms with E-state index in [9.17, 15) is 4.79 Å². The summed E-state index contributed by atoms with van der Waals surface area (Å²) in [6.45, 7) is 0. The average Bonchev–Trinajstić information content (AvgIpc) is 2.03. The highest BCUT2D eigenvalue weighted by atomic mass is 35.5. The van der Waals surface area contributed by atoms with Gasteiger partial charge in [-0.05, 0) is 12.1 Å². The van der Waals surface area contributed by atoms with E-state index in [2.05, 4.69) is 4.98 Å². The summed E-state index contributed by atoms with van der Waals surface area (Å²) in [4.78, 5) is 14.2. The molecular formula is C8H9ClN2O2. The van der Waals surface area contributed by atoms with Gasteiger partial charge >= 0.3 is 5.97 Å². The van der Waals surface area contributed by atoms with Crippen LogP contribution in [0.25, 0.3) is 0 Å². The van der Waals surface area contributed by atoms with Crippen molar-refractivity contribution < 1.29 is 9.90 Å². The molecule has 0 bridgehead atoms. The van der Waals surface area contributed by atoms with Crippen molar-refractivity contribution in [1.29, 1.82) is 0 Å². The zero-order chi connectivity index (χ0) is 9.84. The van der Waals surface area contributed by atoms with E-state index in [0.29, 0.717) is 10.8 Å². The lowest BCUT2D eigenvalue weighted by Gasteiger charge is -2.07. The normalized spacial score (nSPS) is 12.5. The van der Waals surface area contributed by atoms with Gasteiger partial charge in [0.2, 0.25) is 0 Å². The molecule has 1 atom stereocenters. The third-order valence-electron chi connectivity index (χ3n) is 1.51. The molecular weight excluding hydrogens is 192 g/mol. The minimum atomic E-state index is -0.950. The van der Waals surface area contributed by atoms with Gasteiger partial charge in [-0.15, -0.1) is 0 Å². The van der Waals surface area contributed by atoms with E-state index < -0.39 is 12.0 Å². The summed E-state index contributed by atoms with van der Waals surface area (Å²) in [5.74, 6) is -0.950. The highest BCUT2D eigenvalue weighted by Crippen LogP contribution is 2.13. The van der Waals surface area contributed by atoms with Crippen molar-refractivity contribution >= 4 is 17.6 Å². The molecule has 0 spiro atoms. The summed E-state index contributed by atoms with van der Waals surface area (Å²) in [5.41, 5.74) is 6.06. The van der Waals surface area contributed by atoms with E-state index in [-0.39, 0.29) is 6.42 Å². The molecule has 0 radical (unpaired) electrons. The van der Waals surface area contributed by atoms with Crippen LogP contribution in [-0.2, 0) is 4.79 Å². The Bertz CT molecular complexity index is 317. The van der Waals surface area contributed by atoms with Crippen LogP contribution < -0.4 is 5.73 Å². The Hall–Kier alpha value is -1.13. The lowest BCUT2D eigenvalue weighted by Crippen LogP contribution is -2.16. The quantitative estimate of drug-likeness (QED) is 0.720. The Balaban J connectivity index is 2.76. The SMILES string of the molecule is N[C@H](CC(=O)O)c1cccc(Cl)n1. The smallest absolute Gasteiger partial charge is 0.305 e. The number of nitrogens with two attached hydrogens (primary N) is 1. The van der Waals surface area contributed by atoms with E-state index in [1.54, 1.807) is 18.2 Å². The number of aromatic nitrogens is 1. The van der Waals surface area contributed by atoms with Crippen LogP contribution in [0, 0.1) is 0 Å². The van der Waals surface area contributed by atoms with Crippen molar-refractivity contribution in [3.05, 3.63) is 29.0 Å². The Morgan fingerprint density at radius 2 is 2.38 bits per heavy atom. The first kappa shape index (κ1) is 9.95. The highest BCUT2D eigenvalue weighted by molar-refractivity contribution is 6.29. The summed E-state index contributed by atoms with van der Waals surface area (Å²) in [6, 6.07) is 4.35. The third-order valence-corrected chi connectivity index (χ3v) is 1.72. The predicted octanol–water partition coefficient (Wildman–Crippen LogP) is 1.21. The van der Waals surface area contributed by atoms with Crippen LogP contribution in [0.3, 0.4) is 0 Å². The summed E-state index contributed by atoms with van der Waals surface area (Å²) in [6.07, 6.45) is -0.145. The number of halogens is 1. The molecule has 1 heterocycles. The molecule has 0 aromatic carbocycles. The van der Waals surface area contributed by atoms with Gasteiger partial charge in [0.05, 0.1) is 18.2 Å². The highest BCUT2D eigenvalue weighted by Gasteiger charge is 2.11. The molecule has 0 saturated carbocycles. The molecule has 0 unspecified atom stereocenters. The number of nitrogens with zero attached hydrogens (tertiary/aromatic N) is 1. The van der Waals surface area contributed by atoms with Gasteiger partial charge in [-0.2, -0.15) is 0 Å². The maximum Gasteiger partial charge on any atom is 0.305 e. The van der Waals surface area contributed by atoms with Crippen molar-refractivity contribution in [1.82, 2.24) is 4.98 Å². The first-order chi connectivity index (χ1) is 6.09. The number of aliphatic carboxylic acids is 1. The van der Waals surface area contributed by atoms with Gasteiger partial charge in [0.25, 0.3) is 0 Å². The standard InChI is InChI=1S/C8H9ClN2O2/c9-7-3-1-2-6(11-7)5(10)4-8(12)13/h1-3,5H,4,10H2,(H,12,13)/t5-/m1/s1. The molecule has 1 aromatic rings. The number of rotatable bonds is 3. The van der Waals surface area contributed by atoms with E-state index in [0.717, 1.165) is 0 Å². The maximum atomic E-state index is 10.3. The van der Waals surface area contributed by atoms with Crippen LogP contribution in [0.5, 0.6) is 0 Å². The third kappa shape index (κ3) is 3.01. The molecule has 1 aromatic heterocycles. The molecule has 70 valence electrons. The van der Waals surface area contributed by atoms with E-state index in [4.69, 9.17) is 22.4 Å². The number of carbonyl (C=O) groups is 1. The van der Waals surface area contributed by atoms with Gasteiger partial charge in [0.1, 0.15) is 5.15 Å². The molecule has 3 N–H and O–H groups in total. The number of hydrogen-bond acceptors (Lipinski definition) is 3. The summed E-state index contributed by atoms with van der Waals surface area (Å²) >= 11 is 5.61. The minimum Gasteiger partial charge on any atom is -0.481 e. The van der Waals surface area contributed by atoms with E-state index in [1.807, 2.05) is 0 Å². The Morgan fingerprint density at radius 1 is 1.69 bits per heavy atom. The molecule has 5 heteroatoms. The molecule has 0 aliphatic carbocycles. The van der Waals surface area contributed by atoms with Gasteiger partial charge in [-0.25, -0.2) is 4.98 Å². The average molecular weight is 201 g/mol. The van der Waals surface area contributed by atoms with Crippen LogP contribution in [0.4, 0.5) is 0 Å². The second kappa shape index (κ2) is 4.20. The Morgan fingerprint density at radius 3 is 2.92 bits per heavy atom. The first-order valence-corrected chi connectivity index (χ1v) is 4.07. The molecule has 0 aliphatic heterocycles. The molecule has 4 nitrogen and oxygen atoms in total. The number of carboxylic acids is 1. The molecule has 0 amide bonds. The largest absolute Gasteiger partial charge is 0.481 e. The molecule has 0 aliphatic rings. The molecule has 13 heavy (non-hydrogen) atoms. The Kier molecular flexibility index (Phi) is 3.22. The minimum absolute atomic E-state index is 0.145. The lowest BCUT2D eigenvalue weighted by atomic mass is 10.1. The fourth-order valence-electron chi connectivity index (χ4n) is 0.923. The second-order valence-electron chi connectivity index (χ2n) is 2.59. The van der Waals surface area contributed by atoms with E-state index in [1.165, 1.54) is 0 Å². The maximum absolute atomic E-state index is 10.3. The predicted molar refractivity (Wildman–Crippen MR) is 48.4 cm³/mol. The summed E-state index contributed by atoms with van der Waals surface area (Å²) in [5, 5.41) is 8.79. The fourth-order valence-corrected chi connectivity index (χ4v) is 1.09. The van der Waals surface area contributed by atoms with Crippen molar-refractivity contribution in [3.63, 3.8) is 0 Å². The topological polar surface area (TPSA) is 76.2 Å². The summed E-state index contributed by atoms with van der Waals surface area (Å²) < 4.78 is 0. The van der Waals surface area contributed by atoms with Crippen molar-refractivity contribution in [3.8, 4) is 0 Å². The summed E-state index contributed by atoms with van der Waals surface area (Å²) in [7, 11) is 0. The van der Waals surface area contributed by atoms with Crippen molar-refractivity contribution in [2.75, 3.05) is 0 Å². The van der Waals surface area contributed by atoms with Crippen LogP contribution in [0.2, 0.25) is 5.15 Å². The van der Waals surface area contributed by atoms with Gasteiger partial charge in [0, 0.05) is 0 Å². The van der Waals surface area contributed by atoms with Crippen LogP contribution in [0.15, 0.2) is 18.2 Å². The van der Waals surface area contributed by atoms with Gasteiger partial charge in [0.15, 0.2) is 0 Å². The van der Waals surface area contributed by atoms with Crippen LogP contribution >= 0.6 is 11.6 Å². The van der Waals surface area contributed by atoms with Gasteiger partial charge in [-0.3, -0.25) is 4.79 Å².